The number of rotatable bonds is 5. The summed E-state index contributed by atoms with van der Waals surface area (Å²) in [4.78, 5) is 17.0. The zero-order chi connectivity index (χ0) is 15.4. The lowest BCUT2D eigenvalue weighted by Crippen LogP contribution is -2.49. The van der Waals surface area contributed by atoms with Crippen LogP contribution in [0, 0.1) is 13.8 Å². The fraction of sp³-hybridized carbons (Fsp3) is 0.733. The first-order valence-electron chi connectivity index (χ1n) is 7.76. The minimum Gasteiger partial charge on any atom is -0.336 e. The summed E-state index contributed by atoms with van der Waals surface area (Å²) in [6, 6.07) is 0. The van der Waals surface area contributed by atoms with Crippen LogP contribution in [0.2, 0.25) is 0 Å². The van der Waals surface area contributed by atoms with Gasteiger partial charge in [0.05, 0.1) is 11.3 Å². The average molecular weight is 293 g/mol. The van der Waals surface area contributed by atoms with Crippen molar-refractivity contribution in [3.8, 4) is 0 Å². The molecule has 1 saturated heterocycles. The highest BCUT2D eigenvalue weighted by atomic mass is 16.2. The molecule has 1 fully saturated rings. The molecule has 1 amide bonds. The molecule has 6 heteroatoms. The molecule has 1 aliphatic heterocycles. The van der Waals surface area contributed by atoms with E-state index >= 15 is 0 Å². The van der Waals surface area contributed by atoms with Crippen molar-refractivity contribution in [2.24, 2.45) is 12.8 Å². The van der Waals surface area contributed by atoms with Crippen molar-refractivity contribution in [2.75, 3.05) is 39.3 Å². The maximum atomic E-state index is 12.7. The molecule has 2 N–H and O–H groups in total. The number of nitrogens with two attached hydrogens (primary N) is 1. The third kappa shape index (κ3) is 3.63. The Morgan fingerprint density at radius 1 is 1.19 bits per heavy atom. The number of nitrogens with zero attached hydrogens (tertiary/aromatic N) is 4. The smallest absolute Gasteiger partial charge is 0.257 e. The van der Waals surface area contributed by atoms with Gasteiger partial charge in [0.2, 0.25) is 0 Å². The predicted molar refractivity (Wildman–Crippen MR) is 83.3 cm³/mol. The van der Waals surface area contributed by atoms with Crippen molar-refractivity contribution < 1.29 is 4.79 Å². The summed E-state index contributed by atoms with van der Waals surface area (Å²) in [7, 11) is 1.88. The van der Waals surface area contributed by atoms with Crippen LogP contribution in [0.3, 0.4) is 0 Å². The fourth-order valence-corrected chi connectivity index (χ4v) is 2.90. The Hall–Kier alpha value is -1.40. The molecule has 0 unspecified atom stereocenters. The number of amides is 1. The Labute approximate surface area is 126 Å². The summed E-state index contributed by atoms with van der Waals surface area (Å²) in [5.41, 5.74) is 8.07. The van der Waals surface area contributed by atoms with Gasteiger partial charge in [0.1, 0.15) is 0 Å². The van der Waals surface area contributed by atoms with Crippen LogP contribution < -0.4 is 5.73 Å². The van der Waals surface area contributed by atoms with Gasteiger partial charge >= 0.3 is 0 Å². The van der Waals surface area contributed by atoms with Crippen LogP contribution in [0.5, 0.6) is 0 Å². The molecule has 0 spiro atoms. The second-order valence-corrected chi connectivity index (χ2v) is 5.80. The SMILES string of the molecule is Cc1nn(C)c(C)c1C(=O)N1CCN(CCCCN)CC1. The van der Waals surface area contributed by atoms with E-state index in [0.29, 0.717) is 0 Å². The first kappa shape index (κ1) is 16.0. The average Bonchev–Trinajstić information content (AvgIpc) is 2.72. The number of aryl methyl sites for hydroxylation is 2. The second kappa shape index (κ2) is 7.04. The molecule has 0 aromatic carbocycles. The van der Waals surface area contributed by atoms with Gasteiger partial charge in [-0.3, -0.25) is 14.4 Å². The van der Waals surface area contributed by atoms with Gasteiger partial charge in [0.15, 0.2) is 0 Å². The Morgan fingerprint density at radius 3 is 2.38 bits per heavy atom. The predicted octanol–water partition coefficient (Wildman–Crippen LogP) is 0.534. The highest BCUT2D eigenvalue weighted by Gasteiger charge is 2.26. The molecule has 118 valence electrons. The largest absolute Gasteiger partial charge is 0.336 e. The van der Waals surface area contributed by atoms with Gasteiger partial charge in [0.25, 0.3) is 5.91 Å². The fourth-order valence-electron chi connectivity index (χ4n) is 2.90. The number of aromatic nitrogens is 2. The van der Waals surface area contributed by atoms with E-state index in [1.165, 1.54) is 0 Å². The van der Waals surface area contributed by atoms with Crippen LogP contribution in [-0.2, 0) is 7.05 Å². The summed E-state index contributed by atoms with van der Waals surface area (Å²) in [5, 5.41) is 4.34. The minimum absolute atomic E-state index is 0.125. The molecule has 0 radical (unpaired) electrons. The maximum Gasteiger partial charge on any atom is 0.257 e. The van der Waals surface area contributed by atoms with Gasteiger partial charge in [-0.05, 0) is 39.8 Å². The molecule has 21 heavy (non-hydrogen) atoms. The number of carbonyl (C=O) groups is 1. The summed E-state index contributed by atoms with van der Waals surface area (Å²) in [6.07, 6.45) is 2.22. The van der Waals surface area contributed by atoms with E-state index in [1.54, 1.807) is 4.68 Å². The molecule has 6 nitrogen and oxygen atoms in total. The van der Waals surface area contributed by atoms with Gasteiger partial charge in [-0.15, -0.1) is 0 Å². The van der Waals surface area contributed by atoms with Gasteiger partial charge in [-0.1, -0.05) is 0 Å². The first-order chi connectivity index (χ1) is 10.0. The van der Waals surface area contributed by atoms with Crippen molar-refractivity contribution in [2.45, 2.75) is 26.7 Å². The molecule has 1 aromatic heterocycles. The van der Waals surface area contributed by atoms with E-state index in [-0.39, 0.29) is 5.91 Å². The quantitative estimate of drug-likeness (QED) is 0.804. The maximum absolute atomic E-state index is 12.7. The van der Waals surface area contributed by atoms with Crippen LogP contribution >= 0.6 is 0 Å². The van der Waals surface area contributed by atoms with Gasteiger partial charge in [-0.25, -0.2) is 0 Å². The van der Waals surface area contributed by atoms with Crippen LogP contribution in [0.4, 0.5) is 0 Å². The molecule has 0 saturated carbocycles. The van der Waals surface area contributed by atoms with Crippen molar-refractivity contribution in [1.29, 1.82) is 0 Å². The van der Waals surface area contributed by atoms with Gasteiger partial charge in [0, 0.05) is 38.9 Å². The lowest BCUT2D eigenvalue weighted by molar-refractivity contribution is 0.0634. The summed E-state index contributed by atoms with van der Waals surface area (Å²) < 4.78 is 1.78. The van der Waals surface area contributed by atoms with E-state index in [2.05, 4.69) is 10.00 Å². The number of hydrogen-bond donors (Lipinski definition) is 1. The third-order valence-electron chi connectivity index (χ3n) is 4.31. The Kier molecular flexibility index (Phi) is 5.36. The standard InChI is InChI=1S/C15H27N5O/c1-12-14(13(2)18(3)17-12)15(21)20-10-8-19(9-11-20)7-5-4-6-16/h4-11,16H2,1-3H3. The lowest BCUT2D eigenvalue weighted by atomic mass is 10.1. The molecular weight excluding hydrogens is 266 g/mol. The molecular formula is C15H27N5O. The molecule has 2 heterocycles. The van der Waals surface area contributed by atoms with Gasteiger partial charge in [-0.2, -0.15) is 5.10 Å². The Bertz CT molecular complexity index is 488. The number of piperazine rings is 1. The van der Waals surface area contributed by atoms with Crippen molar-refractivity contribution >= 4 is 5.91 Å². The Balaban J connectivity index is 1.91. The van der Waals surface area contributed by atoms with E-state index in [0.717, 1.165) is 69.1 Å². The lowest BCUT2D eigenvalue weighted by Gasteiger charge is -2.34. The molecule has 1 aliphatic rings. The molecule has 0 aliphatic carbocycles. The molecule has 0 atom stereocenters. The molecule has 0 bridgehead atoms. The van der Waals surface area contributed by atoms with Crippen molar-refractivity contribution in [3.63, 3.8) is 0 Å². The van der Waals surface area contributed by atoms with E-state index in [9.17, 15) is 4.79 Å². The van der Waals surface area contributed by atoms with Crippen LogP contribution in [0.15, 0.2) is 0 Å². The summed E-state index contributed by atoms with van der Waals surface area (Å²) >= 11 is 0. The molecule has 2 rings (SSSR count). The zero-order valence-electron chi connectivity index (χ0n) is 13.4. The van der Waals surface area contributed by atoms with Crippen LogP contribution in [0.1, 0.15) is 34.6 Å². The monoisotopic (exact) mass is 293 g/mol. The van der Waals surface area contributed by atoms with E-state index < -0.39 is 0 Å². The first-order valence-corrected chi connectivity index (χ1v) is 7.76. The topological polar surface area (TPSA) is 67.4 Å². The van der Waals surface area contributed by atoms with Crippen molar-refractivity contribution in [3.05, 3.63) is 17.0 Å². The van der Waals surface area contributed by atoms with E-state index in [1.807, 2.05) is 25.8 Å². The van der Waals surface area contributed by atoms with Gasteiger partial charge < -0.3 is 10.6 Å². The zero-order valence-corrected chi connectivity index (χ0v) is 13.4. The second-order valence-electron chi connectivity index (χ2n) is 5.80. The number of hydrogen-bond acceptors (Lipinski definition) is 4. The normalized spacial score (nSPS) is 16.5. The van der Waals surface area contributed by atoms with Crippen LogP contribution in [0.25, 0.3) is 0 Å². The summed E-state index contributed by atoms with van der Waals surface area (Å²) in [6.45, 7) is 9.22. The van der Waals surface area contributed by atoms with Crippen LogP contribution in [-0.4, -0.2) is 64.8 Å². The Morgan fingerprint density at radius 2 is 1.86 bits per heavy atom. The van der Waals surface area contributed by atoms with Crippen molar-refractivity contribution in [1.82, 2.24) is 19.6 Å². The highest BCUT2D eigenvalue weighted by molar-refractivity contribution is 5.96. The minimum atomic E-state index is 0.125. The molecule has 1 aromatic rings. The third-order valence-corrected chi connectivity index (χ3v) is 4.31. The number of carbonyl (C=O) groups excluding carboxylic acids is 1. The number of unbranched alkanes of at least 4 members (excludes halogenated alkanes) is 1. The highest BCUT2D eigenvalue weighted by Crippen LogP contribution is 2.16. The van der Waals surface area contributed by atoms with E-state index in [4.69, 9.17) is 5.73 Å². The summed E-state index contributed by atoms with van der Waals surface area (Å²) in [5.74, 6) is 0.125.